The highest BCUT2D eigenvalue weighted by Crippen LogP contribution is 2.17. The maximum absolute atomic E-state index is 10.4. The predicted molar refractivity (Wildman–Crippen MR) is 100 cm³/mol. The minimum absolute atomic E-state index is 0.163. The summed E-state index contributed by atoms with van der Waals surface area (Å²) in [6.45, 7) is 8.57. The van der Waals surface area contributed by atoms with Gasteiger partial charge in [-0.05, 0) is 18.8 Å². The fourth-order valence-corrected chi connectivity index (χ4v) is 2.47. The average molecular weight is 345 g/mol. The van der Waals surface area contributed by atoms with E-state index in [1.165, 1.54) is 58.3 Å². The first kappa shape index (κ1) is 25.2. The average Bonchev–Trinajstić information content (AvgIpc) is 2.54. The number of carboxylic acid groups (broad SMARTS) is 1. The third-order valence-electron chi connectivity index (χ3n) is 4.11. The lowest BCUT2D eigenvalue weighted by Crippen LogP contribution is -2.03. The summed E-state index contributed by atoms with van der Waals surface area (Å²) in [5.74, 6) is -0.199. The number of esters is 1. The van der Waals surface area contributed by atoms with Gasteiger partial charge in [-0.1, -0.05) is 78.6 Å². The number of unbranched alkanes of at least 4 members (excludes halogenated alkanes) is 6. The van der Waals surface area contributed by atoms with Crippen LogP contribution in [0.4, 0.5) is 0 Å². The quantitative estimate of drug-likeness (QED) is 0.311. The third-order valence-corrected chi connectivity index (χ3v) is 4.11. The second kappa shape index (κ2) is 20.0. The van der Waals surface area contributed by atoms with Gasteiger partial charge in [0.15, 0.2) is 0 Å². The summed E-state index contributed by atoms with van der Waals surface area (Å²) >= 11 is 0. The molecule has 0 aliphatic rings. The van der Waals surface area contributed by atoms with Crippen molar-refractivity contribution in [2.45, 2.75) is 105 Å². The van der Waals surface area contributed by atoms with Crippen molar-refractivity contribution in [2.24, 2.45) is 5.92 Å². The molecule has 0 heterocycles. The molecule has 0 aromatic heterocycles. The molecule has 144 valence electrons. The van der Waals surface area contributed by atoms with E-state index in [9.17, 15) is 9.59 Å². The first-order chi connectivity index (χ1) is 11.5. The molecule has 0 fully saturated rings. The monoisotopic (exact) mass is 344 g/mol. The van der Waals surface area contributed by atoms with E-state index in [0.717, 1.165) is 19.3 Å². The number of ether oxygens (including phenoxy) is 1. The van der Waals surface area contributed by atoms with Gasteiger partial charge in [0, 0.05) is 13.3 Å². The summed E-state index contributed by atoms with van der Waals surface area (Å²) in [4.78, 5) is 20.7. The maximum atomic E-state index is 10.4. The Balaban J connectivity index is 0. The largest absolute Gasteiger partial charge is 0.481 e. The zero-order chi connectivity index (χ0) is 18.6. The van der Waals surface area contributed by atoms with Gasteiger partial charge in [0.25, 0.3) is 0 Å². The Kier molecular flexibility index (Phi) is 21.0. The fraction of sp³-hybridized carbons (Fsp3) is 0.900. The molecule has 0 aromatic carbocycles. The molecule has 1 unspecified atom stereocenters. The molecule has 0 aliphatic carbocycles. The summed E-state index contributed by atoms with van der Waals surface area (Å²) in [5, 5.41) is 8.48. The van der Waals surface area contributed by atoms with Crippen LogP contribution in [0.25, 0.3) is 0 Å². The van der Waals surface area contributed by atoms with Crippen LogP contribution in [-0.4, -0.2) is 23.7 Å². The van der Waals surface area contributed by atoms with Crippen LogP contribution in [0.5, 0.6) is 0 Å². The summed E-state index contributed by atoms with van der Waals surface area (Å²) in [6, 6.07) is 0. The summed E-state index contributed by atoms with van der Waals surface area (Å²) in [7, 11) is 0. The van der Waals surface area contributed by atoms with E-state index in [4.69, 9.17) is 9.84 Å². The Morgan fingerprint density at radius 3 is 1.96 bits per heavy atom. The summed E-state index contributed by atoms with van der Waals surface area (Å²) in [6.07, 6.45) is 13.4. The van der Waals surface area contributed by atoms with Crippen LogP contribution in [0, 0.1) is 5.92 Å². The van der Waals surface area contributed by atoms with E-state index < -0.39 is 5.97 Å². The van der Waals surface area contributed by atoms with E-state index in [0.29, 0.717) is 18.9 Å². The van der Waals surface area contributed by atoms with Gasteiger partial charge in [-0.25, -0.2) is 0 Å². The topological polar surface area (TPSA) is 63.6 Å². The Labute approximate surface area is 149 Å². The second-order valence-corrected chi connectivity index (χ2v) is 6.46. The van der Waals surface area contributed by atoms with Crippen LogP contribution >= 0.6 is 0 Å². The summed E-state index contributed by atoms with van der Waals surface area (Å²) < 4.78 is 4.81. The van der Waals surface area contributed by atoms with Crippen LogP contribution in [0.15, 0.2) is 0 Å². The van der Waals surface area contributed by atoms with Crippen LogP contribution in [0.2, 0.25) is 0 Å². The van der Waals surface area contributed by atoms with Crippen molar-refractivity contribution in [3.05, 3.63) is 0 Å². The number of hydrogen-bond acceptors (Lipinski definition) is 3. The Hall–Kier alpha value is -1.06. The normalized spacial score (nSPS) is 11.3. The molecule has 4 heteroatoms. The molecule has 1 atom stereocenters. The molecule has 0 aliphatic heterocycles. The molecule has 0 spiro atoms. The minimum Gasteiger partial charge on any atom is -0.481 e. The van der Waals surface area contributed by atoms with Gasteiger partial charge in [-0.3, -0.25) is 9.59 Å². The first-order valence-electron chi connectivity index (χ1n) is 9.82. The van der Waals surface area contributed by atoms with Gasteiger partial charge in [-0.2, -0.15) is 0 Å². The molecule has 4 nitrogen and oxygen atoms in total. The van der Waals surface area contributed by atoms with Crippen molar-refractivity contribution in [3.63, 3.8) is 0 Å². The van der Waals surface area contributed by atoms with Crippen molar-refractivity contribution in [1.82, 2.24) is 0 Å². The zero-order valence-electron chi connectivity index (χ0n) is 16.4. The number of carboxylic acids is 1. The van der Waals surface area contributed by atoms with Crippen molar-refractivity contribution >= 4 is 11.9 Å². The Bertz CT molecular complexity index is 289. The second-order valence-electron chi connectivity index (χ2n) is 6.46. The van der Waals surface area contributed by atoms with Crippen molar-refractivity contribution in [1.29, 1.82) is 0 Å². The van der Waals surface area contributed by atoms with Crippen molar-refractivity contribution in [2.75, 3.05) is 6.61 Å². The van der Waals surface area contributed by atoms with E-state index in [1.54, 1.807) is 0 Å². The smallest absolute Gasteiger partial charge is 0.303 e. The minimum atomic E-state index is -0.662. The number of carbonyl (C=O) groups excluding carboxylic acids is 1. The maximum Gasteiger partial charge on any atom is 0.303 e. The first-order valence-corrected chi connectivity index (χ1v) is 9.82. The van der Waals surface area contributed by atoms with Gasteiger partial charge in [0.2, 0.25) is 0 Å². The molecule has 0 aromatic rings. The standard InChI is InChI=1S/2C10H20O2/c1-3-4-5-6-7-8-9-12-10(2)11;1-3-5-6-9(4-2)7-8-10(11)12/h3-9H2,1-2H3;9H,3-8H2,1-2H3,(H,11,12). The Morgan fingerprint density at radius 1 is 0.875 bits per heavy atom. The number of hydrogen-bond donors (Lipinski definition) is 1. The van der Waals surface area contributed by atoms with Crippen molar-refractivity contribution in [3.8, 4) is 0 Å². The predicted octanol–water partition coefficient (Wildman–Crippen LogP) is 5.98. The highest BCUT2D eigenvalue weighted by molar-refractivity contribution is 5.66. The third kappa shape index (κ3) is 23.2. The summed E-state index contributed by atoms with van der Waals surface area (Å²) in [5.41, 5.74) is 0. The van der Waals surface area contributed by atoms with Crippen LogP contribution in [0.1, 0.15) is 105 Å². The van der Waals surface area contributed by atoms with E-state index >= 15 is 0 Å². The number of carbonyl (C=O) groups is 2. The van der Waals surface area contributed by atoms with Gasteiger partial charge in [0.1, 0.15) is 0 Å². The lowest BCUT2D eigenvalue weighted by Gasteiger charge is -2.11. The van der Waals surface area contributed by atoms with Crippen LogP contribution < -0.4 is 0 Å². The van der Waals surface area contributed by atoms with E-state index in [1.807, 2.05) is 0 Å². The number of aliphatic carboxylic acids is 1. The number of rotatable bonds is 14. The lowest BCUT2D eigenvalue weighted by molar-refractivity contribution is -0.141. The SMILES string of the molecule is CCCCC(CC)CCC(=O)O.CCCCCCCCOC(C)=O. The molecule has 0 rings (SSSR count). The van der Waals surface area contributed by atoms with Gasteiger partial charge < -0.3 is 9.84 Å². The molecule has 0 bridgehead atoms. The van der Waals surface area contributed by atoms with E-state index in [-0.39, 0.29) is 5.97 Å². The zero-order valence-corrected chi connectivity index (χ0v) is 16.4. The van der Waals surface area contributed by atoms with Crippen molar-refractivity contribution < 1.29 is 19.4 Å². The molecule has 0 saturated carbocycles. The molecule has 24 heavy (non-hydrogen) atoms. The molecular weight excluding hydrogens is 304 g/mol. The van der Waals surface area contributed by atoms with Crippen LogP contribution in [0.3, 0.4) is 0 Å². The lowest BCUT2D eigenvalue weighted by atomic mass is 9.94. The Morgan fingerprint density at radius 2 is 1.46 bits per heavy atom. The molecule has 0 radical (unpaired) electrons. The molecular formula is C20H40O4. The highest BCUT2D eigenvalue weighted by atomic mass is 16.5. The van der Waals surface area contributed by atoms with E-state index in [2.05, 4.69) is 20.8 Å². The molecule has 0 saturated heterocycles. The van der Waals surface area contributed by atoms with Gasteiger partial charge >= 0.3 is 11.9 Å². The fourth-order valence-electron chi connectivity index (χ4n) is 2.47. The van der Waals surface area contributed by atoms with Crippen LogP contribution in [-0.2, 0) is 14.3 Å². The highest BCUT2D eigenvalue weighted by Gasteiger charge is 2.07. The molecule has 0 amide bonds. The van der Waals surface area contributed by atoms with Gasteiger partial charge in [-0.15, -0.1) is 0 Å². The van der Waals surface area contributed by atoms with Gasteiger partial charge in [0.05, 0.1) is 6.61 Å². The molecule has 1 N–H and O–H groups in total.